The molecule has 2 aliphatic heterocycles. The van der Waals surface area contributed by atoms with Gasteiger partial charge in [-0.05, 0) is 22.8 Å². The minimum atomic E-state index is 0.123. The number of carbonyl (C=O) groups excluding carboxylic acids is 1. The Kier molecular flexibility index (Phi) is 3.75. The van der Waals surface area contributed by atoms with Crippen LogP contribution in [-0.4, -0.2) is 40.2 Å². The Labute approximate surface area is 152 Å². The Morgan fingerprint density at radius 1 is 1.12 bits per heavy atom. The van der Waals surface area contributed by atoms with Crippen molar-refractivity contribution in [3.63, 3.8) is 0 Å². The normalized spacial score (nSPS) is 19.7. The molecule has 2 aliphatic rings. The second-order valence-electron chi connectivity index (χ2n) is 7.21. The molecule has 0 saturated carbocycles. The summed E-state index contributed by atoms with van der Waals surface area (Å²) in [5.74, 6) is 0.521. The molecule has 3 heterocycles. The van der Waals surface area contributed by atoms with E-state index in [2.05, 4.69) is 52.9 Å². The van der Waals surface area contributed by atoms with E-state index in [1.165, 1.54) is 16.3 Å². The first kappa shape index (κ1) is 15.6. The van der Waals surface area contributed by atoms with E-state index in [-0.39, 0.29) is 5.91 Å². The van der Waals surface area contributed by atoms with E-state index in [0.717, 1.165) is 50.4 Å². The highest BCUT2D eigenvalue weighted by Gasteiger charge is 2.31. The third-order valence-electron chi connectivity index (χ3n) is 5.71. The molecule has 1 N–H and O–H groups in total. The molecule has 1 saturated heterocycles. The zero-order valence-electron chi connectivity index (χ0n) is 14.7. The predicted molar refractivity (Wildman–Crippen MR) is 101 cm³/mol. The number of hydrogen-bond donors (Lipinski definition) is 1. The van der Waals surface area contributed by atoms with Gasteiger partial charge in [-0.15, -0.1) is 0 Å². The fourth-order valence-electron chi connectivity index (χ4n) is 4.34. The van der Waals surface area contributed by atoms with Gasteiger partial charge in [0.2, 0.25) is 0 Å². The van der Waals surface area contributed by atoms with E-state index < -0.39 is 0 Å². The van der Waals surface area contributed by atoms with Crippen LogP contribution >= 0.6 is 0 Å². The van der Waals surface area contributed by atoms with E-state index in [9.17, 15) is 4.79 Å². The van der Waals surface area contributed by atoms with Crippen molar-refractivity contribution in [3.8, 4) is 0 Å². The van der Waals surface area contributed by atoms with Gasteiger partial charge in [-0.1, -0.05) is 42.5 Å². The fourth-order valence-corrected chi connectivity index (χ4v) is 4.34. The lowest BCUT2D eigenvalue weighted by Gasteiger charge is -2.20. The molecule has 3 aromatic rings. The van der Waals surface area contributed by atoms with Crippen LogP contribution in [0.15, 0.2) is 48.7 Å². The van der Waals surface area contributed by atoms with Crippen LogP contribution < -0.4 is 5.32 Å². The summed E-state index contributed by atoms with van der Waals surface area (Å²) in [6.07, 6.45) is 2.76. The summed E-state index contributed by atoms with van der Waals surface area (Å²) in [5, 5.41) is 10.3. The van der Waals surface area contributed by atoms with Crippen molar-refractivity contribution >= 4 is 16.7 Å². The number of likely N-dealkylation sites (tertiary alicyclic amines) is 1. The van der Waals surface area contributed by atoms with Crippen LogP contribution in [0, 0.1) is 0 Å². The highest BCUT2D eigenvalue weighted by atomic mass is 16.2. The highest BCUT2D eigenvalue weighted by molar-refractivity contribution is 5.95. The Morgan fingerprint density at radius 2 is 2.00 bits per heavy atom. The summed E-state index contributed by atoms with van der Waals surface area (Å²) >= 11 is 0. The maximum atomic E-state index is 13.1. The van der Waals surface area contributed by atoms with Crippen LogP contribution in [0.1, 0.15) is 34.0 Å². The number of nitrogens with one attached hydrogen (secondary N) is 1. The SMILES string of the molecule is O=C(c1cnn2c1CNCC2)N1CCC(c2cccc3ccccc23)C1. The Hall–Kier alpha value is -2.66. The summed E-state index contributed by atoms with van der Waals surface area (Å²) in [7, 11) is 0. The van der Waals surface area contributed by atoms with E-state index in [1.807, 2.05) is 9.58 Å². The molecule has 0 radical (unpaired) electrons. The first-order valence-electron chi connectivity index (χ1n) is 9.33. The van der Waals surface area contributed by atoms with Gasteiger partial charge in [0.1, 0.15) is 0 Å². The Balaban J connectivity index is 1.40. The smallest absolute Gasteiger partial charge is 0.257 e. The molecule has 0 bridgehead atoms. The van der Waals surface area contributed by atoms with Gasteiger partial charge in [0, 0.05) is 32.1 Å². The lowest BCUT2D eigenvalue weighted by molar-refractivity contribution is 0.0789. The molecular formula is C21H22N4O. The summed E-state index contributed by atoms with van der Waals surface area (Å²) in [5.41, 5.74) is 3.14. The lowest BCUT2D eigenvalue weighted by Crippen LogP contribution is -2.33. The molecule has 0 spiro atoms. The first-order valence-corrected chi connectivity index (χ1v) is 9.33. The van der Waals surface area contributed by atoms with Gasteiger partial charge in [-0.25, -0.2) is 0 Å². The van der Waals surface area contributed by atoms with Crippen LogP contribution in [0.2, 0.25) is 0 Å². The van der Waals surface area contributed by atoms with E-state index >= 15 is 0 Å². The summed E-state index contributed by atoms with van der Waals surface area (Å²) in [4.78, 5) is 15.1. The minimum absolute atomic E-state index is 0.123. The molecule has 1 fully saturated rings. The predicted octanol–water partition coefficient (Wildman–Crippen LogP) is 2.77. The van der Waals surface area contributed by atoms with Crippen LogP contribution in [0.5, 0.6) is 0 Å². The van der Waals surface area contributed by atoms with E-state index in [1.54, 1.807) is 6.20 Å². The van der Waals surface area contributed by atoms with Gasteiger partial charge in [0.15, 0.2) is 0 Å². The van der Waals surface area contributed by atoms with Crippen molar-refractivity contribution in [2.45, 2.75) is 25.4 Å². The molecule has 5 nitrogen and oxygen atoms in total. The maximum absolute atomic E-state index is 13.1. The number of hydrogen-bond acceptors (Lipinski definition) is 3. The van der Waals surface area contributed by atoms with E-state index in [4.69, 9.17) is 0 Å². The number of amides is 1. The number of benzene rings is 2. The van der Waals surface area contributed by atoms with E-state index in [0.29, 0.717) is 5.92 Å². The standard InChI is InChI=1S/C21H22N4O/c26-21(19-12-23-25-11-9-22-13-20(19)25)24-10-8-16(14-24)18-7-3-5-15-4-1-2-6-17(15)18/h1-7,12,16,22H,8-11,13-14H2. The van der Waals surface area contributed by atoms with Crippen molar-refractivity contribution in [2.75, 3.05) is 19.6 Å². The quantitative estimate of drug-likeness (QED) is 0.776. The lowest BCUT2D eigenvalue weighted by atomic mass is 9.93. The average molecular weight is 346 g/mol. The van der Waals surface area contributed by atoms with Crippen molar-refractivity contribution < 1.29 is 4.79 Å². The minimum Gasteiger partial charge on any atom is -0.338 e. The van der Waals surface area contributed by atoms with Crippen molar-refractivity contribution in [3.05, 3.63) is 65.5 Å². The van der Waals surface area contributed by atoms with Crippen molar-refractivity contribution in [2.24, 2.45) is 0 Å². The topological polar surface area (TPSA) is 50.2 Å². The molecule has 1 unspecified atom stereocenters. The molecule has 0 aliphatic carbocycles. The summed E-state index contributed by atoms with van der Waals surface area (Å²) in [6, 6.07) is 15.0. The number of rotatable bonds is 2. The monoisotopic (exact) mass is 346 g/mol. The molecule has 5 heteroatoms. The van der Waals surface area contributed by atoms with Gasteiger partial charge in [0.25, 0.3) is 5.91 Å². The highest BCUT2D eigenvalue weighted by Crippen LogP contribution is 2.33. The number of fused-ring (bicyclic) bond motifs is 2. The van der Waals surface area contributed by atoms with Gasteiger partial charge in [0.05, 0.1) is 24.0 Å². The molecule has 1 atom stereocenters. The van der Waals surface area contributed by atoms with Crippen molar-refractivity contribution in [1.82, 2.24) is 20.0 Å². The fraction of sp³-hybridized carbons (Fsp3) is 0.333. The second kappa shape index (κ2) is 6.25. The number of carbonyl (C=O) groups is 1. The third kappa shape index (κ3) is 2.51. The van der Waals surface area contributed by atoms with Gasteiger partial charge < -0.3 is 10.2 Å². The largest absolute Gasteiger partial charge is 0.338 e. The average Bonchev–Trinajstić information content (AvgIpc) is 3.34. The van der Waals surface area contributed by atoms with Crippen LogP contribution in [0.3, 0.4) is 0 Å². The Morgan fingerprint density at radius 3 is 2.96 bits per heavy atom. The van der Waals surface area contributed by atoms with Gasteiger partial charge in [-0.3, -0.25) is 9.48 Å². The number of aromatic nitrogens is 2. The van der Waals surface area contributed by atoms with Gasteiger partial charge >= 0.3 is 0 Å². The third-order valence-corrected chi connectivity index (χ3v) is 5.71. The van der Waals surface area contributed by atoms with Gasteiger partial charge in [-0.2, -0.15) is 5.10 Å². The molecule has 26 heavy (non-hydrogen) atoms. The molecular weight excluding hydrogens is 324 g/mol. The zero-order valence-corrected chi connectivity index (χ0v) is 14.7. The molecule has 1 aromatic heterocycles. The van der Waals surface area contributed by atoms with Crippen LogP contribution in [-0.2, 0) is 13.1 Å². The van der Waals surface area contributed by atoms with Crippen molar-refractivity contribution in [1.29, 1.82) is 0 Å². The number of nitrogens with zero attached hydrogens (tertiary/aromatic N) is 3. The summed E-state index contributed by atoms with van der Waals surface area (Å²) < 4.78 is 1.96. The molecule has 132 valence electrons. The first-order chi connectivity index (χ1) is 12.8. The Bertz CT molecular complexity index is 972. The summed E-state index contributed by atoms with van der Waals surface area (Å²) in [6.45, 7) is 4.06. The molecule has 2 aromatic carbocycles. The molecule has 5 rings (SSSR count). The maximum Gasteiger partial charge on any atom is 0.257 e. The van der Waals surface area contributed by atoms with Crippen LogP contribution in [0.4, 0.5) is 0 Å². The molecule has 1 amide bonds. The van der Waals surface area contributed by atoms with Crippen LogP contribution in [0.25, 0.3) is 10.8 Å². The second-order valence-corrected chi connectivity index (χ2v) is 7.21. The zero-order chi connectivity index (χ0) is 17.5.